The number of phenolic OH excluding ortho intramolecular Hbond substituents is 1. The molecule has 0 amide bonds. The van der Waals surface area contributed by atoms with Gasteiger partial charge in [-0.2, -0.15) is 0 Å². The van der Waals surface area contributed by atoms with Crippen LogP contribution in [0.3, 0.4) is 0 Å². The number of pyridine rings is 1. The molecule has 2 aromatic heterocycles. The van der Waals surface area contributed by atoms with E-state index in [2.05, 4.69) is 15.2 Å². The molecule has 4 rings (SSSR count). The lowest BCUT2D eigenvalue weighted by Crippen LogP contribution is -2.44. The maximum atomic E-state index is 12.2. The highest BCUT2D eigenvalue weighted by Crippen LogP contribution is 2.33. The number of H-pyrrole nitrogens is 1. The Balaban J connectivity index is 1.59. The number of rotatable bonds is 5. The second-order valence-corrected chi connectivity index (χ2v) is 8.05. The lowest BCUT2D eigenvalue weighted by molar-refractivity contribution is 0.193. The number of fused-ring (bicyclic) bond motifs is 3. The Labute approximate surface area is 156 Å². The van der Waals surface area contributed by atoms with Crippen LogP contribution in [0.5, 0.6) is 5.75 Å². The summed E-state index contributed by atoms with van der Waals surface area (Å²) in [7, 11) is 2.04. The number of likely N-dealkylation sites (N-methyl/N-ethyl adjacent to an activating group) is 1. The number of phenols is 1. The number of likely N-dealkylation sites (tertiary alicyclic amines) is 1. The van der Waals surface area contributed by atoms with Crippen LogP contribution in [0.4, 0.5) is 0 Å². The smallest absolute Gasteiger partial charge is 0.266 e. The van der Waals surface area contributed by atoms with Gasteiger partial charge in [-0.25, -0.2) is 0 Å². The van der Waals surface area contributed by atoms with E-state index in [-0.39, 0.29) is 5.56 Å². The summed E-state index contributed by atoms with van der Waals surface area (Å²) in [6.45, 7) is 3.28. The van der Waals surface area contributed by atoms with Gasteiger partial charge >= 0.3 is 0 Å². The first-order chi connectivity index (χ1) is 12.7. The summed E-state index contributed by atoms with van der Waals surface area (Å²) in [5, 5.41) is 17.8. The molecule has 1 unspecified atom stereocenters. The van der Waals surface area contributed by atoms with Crippen LogP contribution in [-0.4, -0.2) is 47.7 Å². The van der Waals surface area contributed by atoms with Crippen molar-refractivity contribution in [3.8, 4) is 5.75 Å². The van der Waals surface area contributed by atoms with Gasteiger partial charge in [-0.05, 0) is 69.4 Å². The lowest BCUT2D eigenvalue weighted by Gasteiger charge is -2.32. The van der Waals surface area contributed by atoms with Crippen molar-refractivity contribution in [2.45, 2.75) is 31.7 Å². The number of benzene rings is 1. The van der Waals surface area contributed by atoms with Crippen LogP contribution in [0, 0.1) is 0 Å². The van der Waals surface area contributed by atoms with Crippen LogP contribution in [0.15, 0.2) is 28.4 Å². The largest absolute Gasteiger partial charge is 0.508 e. The first-order valence-electron chi connectivity index (χ1n) is 9.31. The molecular weight excluding hydrogens is 346 g/mol. The summed E-state index contributed by atoms with van der Waals surface area (Å²) in [5.74, 6) is 0.323. The molecule has 0 aliphatic carbocycles. The van der Waals surface area contributed by atoms with Crippen molar-refractivity contribution in [1.82, 2.24) is 15.2 Å². The van der Waals surface area contributed by atoms with Crippen LogP contribution in [0.25, 0.3) is 21.0 Å². The van der Waals surface area contributed by atoms with Gasteiger partial charge in [-0.1, -0.05) is 0 Å². The number of hydrogen-bond acceptors (Lipinski definition) is 5. The van der Waals surface area contributed by atoms with Crippen LogP contribution in [0.2, 0.25) is 0 Å². The van der Waals surface area contributed by atoms with Gasteiger partial charge in [0.05, 0.1) is 0 Å². The third-order valence-corrected chi connectivity index (χ3v) is 6.41. The third kappa shape index (κ3) is 3.24. The van der Waals surface area contributed by atoms with Crippen molar-refractivity contribution >= 4 is 32.3 Å². The molecule has 26 heavy (non-hydrogen) atoms. The zero-order valence-electron chi connectivity index (χ0n) is 15.0. The van der Waals surface area contributed by atoms with Gasteiger partial charge in [0.15, 0.2) is 0 Å². The number of aromatic hydroxyl groups is 1. The van der Waals surface area contributed by atoms with Crippen LogP contribution >= 0.6 is 11.3 Å². The van der Waals surface area contributed by atoms with E-state index in [0.29, 0.717) is 11.8 Å². The van der Waals surface area contributed by atoms with Crippen molar-refractivity contribution in [3.05, 3.63) is 39.5 Å². The van der Waals surface area contributed by atoms with E-state index in [4.69, 9.17) is 0 Å². The summed E-state index contributed by atoms with van der Waals surface area (Å²) < 4.78 is 0.734. The average Bonchev–Trinajstić information content (AvgIpc) is 3.14. The third-order valence-electron chi connectivity index (χ3n) is 5.49. The number of aromatic amines is 1. The highest BCUT2D eigenvalue weighted by molar-refractivity contribution is 7.17. The fourth-order valence-corrected chi connectivity index (χ4v) is 4.93. The Kier molecular flexibility index (Phi) is 4.98. The molecule has 0 bridgehead atoms. The van der Waals surface area contributed by atoms with E-state index >= 15 is 0 Å². The van der Waals surface area contributed by atoms with E-state index in [0.717, 1.165) is 59.0 Å². The Morgan fingerprint density at radius 2 is 2.27 bits per heavy atom. The summed E-state index contributed by atoms with van der Waals surface area (Å²) in [4.78, 5) is 17.7. The summed E-state index contributed by atoms with van der Waals surface area (Å²) in [6, 6.07) is 6.08. The molecule has 0 spiro atoms. The fourth-order valence-electron chi connectivity index (χ4n) is 4.14. The van der Waals surface area contributed by atoms with Gasteiger partial charge in [0.2, 0.25) is 0 Å². The molecule has 3 N–H and O–H groups in total. The zero-order chi connectivity index (χ0) is 18.1. The number of thiophene rings is 1. The van der Waals surface area contributed by atoms with Gasteiger partial charge in [-0.15, -0.1) is 11.3 Å². The van der Waals surface area contributed by atoms with Gasteiger partial charge in [0.25, 0.3) is 5.56 Å². The Bertz CT molecular complexity index is 978. The highest BCUT2D eigenvalue weighted by atomic mass is 32.1. The minimum atomic E-state index is -0.0504. The van der Waals surface area contributed by atoms with E-state index in [1.807, 2.05) is 18.5 Å². The molecule has 138 valence electrons. The van der Waals surface area contributed by atoms with Crippen LogP contribution < -0.4 is 10.9 Å². The molecule has 0 saturated carbocycles. The average molecular weight is 372 g/mol. The number of nitrogens with one attached hydrogen (secondary N) is 2. The molecule has 3 aromatic rings. The number of piperidine rings is 1. The Morgan fingerprint density at radius 1 is 1.38 bits per heavy atom. The molecule has 6 heteroatoms. The topological polar surface area (TPSA) is 68.4 Å². The SMILES string of the molecule is CNC1CCCN(CCCc2c(O)ccc3[nH]c(=O)c4sccc4c23)C1. The number of hydrogen-bond donors (Lipinski definition) is 3. The van der Waals surface area contributed by atoms with E-state index in [9.17, 15) is 9.90 Å². The monoisotopic (exact) mass is 371 g/mol. The molecule has 1 fully saturated rings. The second-order valence-electron chi connectivity index (χ2n) is 7.14. The summed E-state index contributed by atoms with van der Waals surface area (Å²) in [5.41, 5.74) is 1.71. The maximum absolute atomic E-state index is 12.2. The number of aromatic nitrogens is 1. The first kappa shape index (κ1) is 17.5. The Morgan fingerprint density at radius 3 is 3.12 bits per heavy atom. The minimum absolute atomic E-state index is 0.0504. The van der Waals surface area contributed by atoms with E-state index < -0.39 is 0 Å². The molecule has 0 radical (unpaired) electrons. The summed E-state index contributed by atoms with van der Waals surface area (Å²) in [6.07, 6.45) is 4.29. The maximum Gasteiger partial charge on any atom is 0.266 e. The first-order valence-corrected chi connectivity index (χ1v) is 10.2. The van der Waals surface area contributed by atoms with Crippen LogP contribution in [0.1, 0.15) is 24.8 Å². The van der Waals surface area contributed by atoms with Crippen LogP contribution in [-0.2, 0) is 6.42 Å². The van der Waals surface area contributed by atoms with E-state index in [1.165, 1.54) is 24.2 Å². The zero-order valence-corrected chi connectivity index (χ0v) is 15.9. The molecule has 5 nitrogen and oxygen atoms in total. The van der Waals surface area contributed by atoms with Crippen molar-refractivity contribution in [2.24, 2.45) is 0 Å². The lowest BCUT2D eigenvalue weighted by atomic mass is 9.99. The molecule has 1 aliphatic heterocycles. The summed E-state index contributed by atoms with van der Waals surface area (Å²) >= 11 is 1.45. The van der Waals surface area contributed by atoms with Crippen molar-refractivity contribution in [3.63, 3.8) is 0 Å². The van der Waals surface area contributed by atoms with Crippen molar-refractivity contribution < 1.29 is 5.11 Å². The fraction of sp³-hybridized carbons (Fsp3) is 0.450. The molecule has 1 aliphatic rings. The predicted molar refractivity (Wildman–Crippen MR) is 108 cm³/mol. The van der Waals surface area contributed by atoms with Gasteiger partial charge in [0.1, 0.15) is 10.4 Å². The quantitative estimate of drug-likeness (QED) is 0.645. The van der Waals surface area contributed by atoms with Crippen molar-refractivity contribution in [1.29, 1.82) is 0 Å². The number of aryl methyl sites for hydroxylation is 1. The van der Waals surface area contributed by atoms with Crippen molar-refractivity contribution in [2.75, 3.05) is 26.7 Å². The molecule has 1 atom stereocenters. The van der Waals surface area contributed by atoms with Gasteiger partial charge in [0, 0.05) is 34.4 Å². The van der Waals surface area contributed by atoms with Gasteiger partial charge < -0.3 is 20.3 Å². The normalized spacial score (nSPS) is 18.7. The Hall–Kier alpha value is -1.89. The molecule has 1 saturated heterocycles. The predicted octanol–water partition coefficient (Wildman–Crippen LogP) is 3.06. The van der Waals surface area contributed by atoms with Gasteiger partial charge in [-0.3, -0.25) is 4.79 Å². The molecule has 3 heterocycles. The van der Waals surface area contributed by atoms with E-state index in [1.54, 1.807) is 12.1 Å². The standard InChI is InChI=1S/C20H25N3O2S/c1-21-13-4-2-9-23(12-13)10-3-5-14-17(24)7-6-16-18(14)15-8-11-26-19(15)20(25)22-16/h6-8,11,13,21,24H,2-5,9-10,12H2,1H3,(H,22,25). The molecule has 1 aromatic carbocycles. The second kappa shape index (κ2) is 7.39. The highest BCUT2D eigenvalue weighted by Gasteiger charge is 2.18. The molecular formula is C20H25N3O2S. The minimum Gasteiger partial charge on any atom is -0.508 e. The number of nitrogens with zero attached hydrogens (tertiary/aromatic N) is 1.